The molecule has 0 amide bonds. The summed E-state index contributed by atoms with van der Waals surface area (Å²) in [6, 6.07) is 6.93. The van der Waals surface area contributed by atoms with Gasteiger partial charge in [0.2, 0.25) is 0 Å². The van der Waals surface area contributed by atoms with Crippen LogP contribution in [0.2, 0.25) is 5.02 Å². The highest BCUT2D eigenvalue weighted by Gasteiger charge is 2.20. The summed E-state index contributed by atoms with van der Waals surface area (Å²) in [6.45, 7) is 0. The van der Waals surface area contributed by atoms with E-state index in [1.165, 1.54) is 11.3 Å². The van der Waals surface area contributed by atoms with Crippen molar-refractivity contribution in [1.82, 2.24) is 4.98 Å². The monoisotopic (exact) mass is 408 g/mol. The number of nitrogens with one attached hydrogen (secondary N) is 1. The van der Waals surface area contributed by atoms with Crippen LogP contribution in [0.5, 0.6) is 0 Å². The number of thiophene rings is 1. The minimum atomic E-state index is -3.62. The van der Waals surface area contributed by atoms with E-state index in [0.29, 0.717) is 20.1 Å². The van der Waals surface area contributed by atoms with E-state index in [1.807, 2.05) is 0 Å². The Kier molecular flexibility index (Phi) is 3.76. The summed E-state index contributed by atoms with van der Waals surface area (Å²) < 4.78 is 28.6. The van der Waals surface area contributed by atoms with Crippen LogP contribution < -0.4 is 4.72 Å². The van der Waals surface area contributed by atoms with Crippen LogP contribution >= 0.6 is 50.2 Å². The molecule has 0 saturated carbocycles. The zero-order chi connectivity index (χ0) is 14.3. The lowest BCUT2D eigenvalue weighted by Crippen LogP contribution is -2.11. The Labute approximate surface area is 136 Å². The normalized spacial score (nSPS) is 11.9. The molecule has 104 valence electrons. The first-order valence-corrected chi connectivity index (χ1v) is 9.63. The quantitative estimate of drug-likeness (QED) is 0.689. The molecule has 0 unspecified atom stereocenters. The number of halogens is 2. The summed E-state index contributed by atoms with van der Waals surface area (Å²) in [5.41, 5.74) is 0.711. The van der Waals surface area contributed by atoms with Gasteiger partial charge in [-0.15, -0.1) is 11.3 Å². The number of anilines is 1. The predicted octanol–water partition coefficient (Wildman–Crippen LogP) is 4.57. The van der Waals surface area contributed by atoms with E-state index in [1.54, 1.807) is 29.6 Å². The smallest absolute Gasteiger partial charge is 0.254 e. The molecule has 2 aromatic heterocycles. The molecular weight excluding hydrogens is 404 g/mol. The molecule has 2 heterocycles. The number of hydrogen-bond acceptors (Lipinski definition) is 5. The Morgan fingerprint density at radius 3 is 2.80 bits per heavy atom. The van der Waals surface area contributed by atoms with Gasteiger partial charge in [0, 0.05) is 9.50 Å². The third-order valence-electron chi connectivity index (χ3n) is 2.40. The van der Waals surface area contributed by atoms with E-state index < -0.39 is 10.0 Å². The molecule has 0 aliphatic rings. The number of sulfonamides is 1. The molecule has 1 aromatic carbocycles. The summed E-state index contributed by atoms with van der Waals surface area (Å²) in [4.78, 5) is 4.24. The highest BCUT2D eigenvalue weighted by molar-refractivity contribution is 9.10. The van der Waals surface area contributed by atoms with E-state index in [0.717, 1.165) is 16.0 Å². The number of aromatic nitrogens is 1. The second kappa shape index (κ2) is 5.27. The molecular formula is C11H6BrClN2O2S3. The molecule has 0 aliphatic heterocycles. The van der Waals surface area contributed by atoms with Gasteiger partial charge in [-0.1, -0.05) is 22.9 Å². The van der Waals surface area contributed by atoms with E-state index in [-0.39, 0.29) is 4.21 Å². The van der Waals surface area contributed by atoms with Gasteiger partial charge < -0.3 is 0 Å². The highest BCUT2D eigenvalue weighted by Crippen LogP contribution is 2.32. The molecule has 4 nitrogen and oxygen atoms in total. The van der Waals surface area contributed by atoms with Gasteiger partial charge >= 0.3 is 0 Å². The average Bonchev–Trinajstić information content (AvgIpc) is 2.93. The maximum atomic E-state index is 12.2. The number of rotatable bonds is 3. The molecule has 0 atom stereocenters. The standard InChI is InChI=1S/C11H6BrClN2O2S3/c12-7-3-4-18-10(7)20(16,17)15-11-14-8-2-1-6(13)5-9(8)19-11/h1-5H,(H,14,15). The van der Waals surface area contributed by atoms with Crippen LogP contribution in [0.1, 0.15) is 0 Å². The molecule has 0 bridgehead atoms. The molecule has 3 aromatic rings. The second-order valence-corrected chi connectivity index (χ2v) is 8.91. The molecule has 1 N–H and O–H groups in total. The Bertz CT molecular complexity index is 888. The zero-order valence-electron chi connectivity index (χ0n) is 9.63. The SMILES string of the molecule is O=S(=O)(Nc1nc2ccc(Cl)cc2s1)c1sccc1Br. The number of nitrogens with zero attached hydrogens (tertiary/aromatic N) is 1. The average molecular weight is 410 g/mol. The first-order valence-electron chi connectivity index (χ1n) is 5.27. The van der Waals surface area contributed by atoms with Crippen molar-refractivity contribution in [1.29, 1.82) is 0 Å². The van der Waals surface area contributed by atoms with Gasteiger partial charge in [-0.3, -0.25) is 4.72 Å². The third-order valence-corrected chi connectivity index (χ3v) is 7.71. The van der Waals surface area contributed by atoms with Crippen molar-refractivity contribution >= 4 is 75.6 Å². The fraction of sp³-hybridized carbons (Fsp3) is 0. The maximum absolute atomic E-state index is 12.2. The fourth-order valence-electron chi connectivity index (χ4n) is 1.57. The summed E-state index contributed by atoms with van der Waals surface area (Å²) in [5.74, 6) is 0. The van der Waals surface area contributed by atoms with Gasteiger partial charge in [0.1, 0.15) is 0 Å². The van der Waals surface area contributed by atoms with Crippen LogP contribution in [0.3, 0.4) is 0 Å². The zero-order valence-corrected chi connectivity index (χ0v) is 14.4. The Morgan fingerprint density at radius 1 is 1.30 bits per heavy atom. The minimum absolute atomic E-state index is 0.231. The van der Waals surface area contributed by atoms with Crippen LogP contribution in [0.15, 0.2) is 38.3 Å². The van der Waals surface area contributed by atoms with Crippen LogP contribution in [-0.2, 0) is 10.0 Å². The van der Waals surface area contributed by atoms with Gasteiger partial charge in [0.05, 0.1) is 10.2 Å². The van der Waals surface area contributed by atoms with Gasteiger partial charge in [0.15, 0.2) is 9.34 Å². The van der Waals surface area contributed by atoms with Crippen LogP contribution in [0.25, 0.3) is 10.2 Å². The summed E-state index contributed by atoms with van der Waals surface area (Å²) in [6.07, 6.45) is 0. The van der Waals surface area contributed by atoms with Crippen molar-refractivity contribution in [2.45, 2.75) is 4.21 Å². The van der Waals surface area contributed by atoms with E-state index >= 15 is 0 Å². The van der Waals surface area contributed by atoms with E-state index in [4.69, 9.17) is 11.6 Å². The lowest BCUT2D eigenvalue weighted by atomic mass is 10.3. The Morgan fingerprint density at radius 2 is 2.10 bits per heavy atom. The minimum Gasteiger partial charge on any atom is -0.254 e. The summed E-state index contributed by atoms with van der Waals surface area (Å²) in [5, 5.41) is 2.62. The molecule has 3 rings (SSSR count). The molecule has 0 radical (unpaired) electrons. The fourth-order valence-corrected chi connectivity index (χ4v) is 6.29. The topological polar surface area (TPSA) is 59.1 Å². The lowest BCUT2D eigenvalue weighted by Gasteiger charge is -2.02. The second-order valence-electron chi connectivity index (χ2n) is 3.79. The molecule has 9 heteroatoms. The van der Waals surface area contributed by atoms with Gasteiger partial charge in [-0.05, 0) is 45.6 Å². The van der Waals surface area contributed by atoms with E-state index in [9.17, 15) is 8.42 Å². The van der Waals surface area contributed by atoms with Crippen molar-refractivity contribution in [2.24, 2.45) is 0 Å². The van der Waals surface area contributed by atoms with Crippen molar-refractivity contribution in [3.05, 3.63) is 39.1 Å². The molecule has 20 heavy (non-hydrogen) atoms. The van der Waals surface area contributed by atoms with Crippen molar-refractivity contribution in [3.8, 4) is 0 Å². The number of benzene rings is 1. The molecule has 0 aliphatic carbocycles. The summed E-state index contributed by atoms with van der Waals surface area (Å²) >= 11 is 11.5. The highest BCUT2D eigenvalue weighted by atomic mass is 79.9. The van der Waals surface area contributed by atoms with Crippen LogP contribution in [0.4, 0.5) is 5.13 Å². The molecule has 0 saturated heterocycles. The van der Waals surface area contributed by atoms with Gasteiger partial charge in [-0.2, -0.15) is 0 Å². The lowest BCUT2D eigenvalue weighted by molar-refractivity contribution is 0.603. The van der Waals surface area contributed by atoms with Crippen LogP contribution in [0, 0.1) is 0 Å². The maximum Gasteiger partial charge on any atom is 0.274 e. The third kappa shape index (κ3) is 2.71. The summed E-state index contributed by atoms with van der Waals surface area (Å²) in [7, 11) is -3.62. The number of thiazole rings is 1. The molecule has 0 spiro atoms. The van der Waals surface area contributed by atoms with Crippen molar-refractivity contribution in [2.75, 3.05) is 4.72 Å². The largest absolute Gasteiger partial charge is 0.274 e. The molecule has 0 fully saturated rings. The van der Waals surface area contributed by atoms with Crippen molar-refractivity contribution in [3.63, 3.8) is 0 Å². The predicted molar refractivity (Wildman–Crippen MR) is 87.5 cm³/mol. The van der Waals surface area contributed by atoms with Gasteiger partial charge in [0.25, 0.3) is 10.0 Å². The number of fused-ring (bicyclic) bond motifs is 1. The Hall–Kier alpha value is -0.670. The first kappa shape index (κ1) is 14.3. The number of hydrogen-bond donors (Lipinski definition) is 1. The van der Waals surface area contributed by atoms with Crippen LogP contribution in [-0.4, -0.2) is 13.4 Å². The van der Waals surface area contributed by atoms with E-state index in [2.05, 4.69) is 25.6 Å². The Balaban J connectivity index is 1.99. The first-order chi connectivity index (χ1) is 9.45. The van der Waals surface area contributed by atoms with Gasteiger partial charge in [-0.25, -0.2) is 13.4 Å². The van der Waals surface area contributed by atoms with Crippen molar-refractivity contribution < 1.29 is 8.42 Å².